The van der Waals surface area contributed by atoms with Crippen LogP contribution in [0.25, 0.3) is 0 Å². The highest BCUT2D eigenvalue weighted by Gasteiger charge is 2.40. The summed E-state index contributed by atoms with van der Waals surface area (Å²) in [6, 6.07) is 0.138. The van der Waals surface area contributed by atoms with Gasteiger partial charge in [0.1, 0.15) is 6.67 Å². The van der Waals surface area contributed by atoms with Crippen LogP contribution in [0.5, 0.6) is 0 Å². The largest absolute Gasteiger partial charge is 0.369 e. The van der Waals surface area contributed by atoms with E-state index in [-0.39, 0.29) is 12.7 Å². The molecule has 0 radical (unpaired) electrons. The van der Waals surface area contributed by atoms with Crippen molar-refractivity contribution >= 4 is 0 Å². The first kappa shape index (κ1) is 8.09. The lowest BCUT2D eigenvalue weighted by Gasteiger charge is -2.32. The van der Waals surface area contributed by atoms with Crippen molar-refractivity contribution in [3.63, 3.8) is 0 Å². The molecular formula is C10H16FN. The summed E-state index contributed by atoms with van der Waals surface area (Å²) in [6.07, 6.45) is 2.20. The second-order valence-electron chi connectivity index (χ2n) is 4.08. The highest BCUT2D eigenvalue weighted by Crippen LogP contribution is 2.41. The molecule has 2 bridgehead atoms. The Morgan fingerprint density at radius 2 is 2.33 bits per heavy atom. The van der Waals surface area contributed by atoms with E-state index in [4.69, 9.17) is 0 Å². The molecule has 2 rings (SSSR count). The summed E-state index contributed by atoms with van der Waals surface area (Å²) in [6.45, 7) is 7.09. The van der Waals surface area contributed by atoms with Gasteiger partial charge in [-0.3, -0.25) is 0 Å². The minimum absolute atomic E-state index is 0.138. The van der Waals surface area contributed by atoms with Crippen LogP contribution in [0.3, 0.4) is 0 Å². The minimum atomic E-state index is -0.210. The van der Waals surface area contributed by atoms with Gasteiger partial charge in [-0.2, -0.15) is 0 Å². The van der Waals surface area contributed by atoms with E-state index in [1.54, 1.807) is 0 Å². The lowest BCUT2D eigenvalue weighted by atomic mass is 9.90. The van der Waals surface area contributed by atoms with E-state index in [9.17, 15) is 4.39 Å². The van der Waals surface area contributed by atoms with Crippen molar-refractivity contribution in [1.82, 2.24) is 4.90 Å². The average Bonchev–Trinajstić information content (AvgIpc) is 2.33. The Hall–Kier alpha value is -0.530. The second kappa shape index (κ2) is 2.75. The van der Waals surface area contributed by atoms with E-state index in [0.29, 0.717) is 5.92 Å². The van der Waals surface area contributed by atoms with Gasteiger partial charge >= 0.3 is 0 Å². The van der Waals surface area contributed by atoms with Gasteiger partial charge in [0.15, 0.2) is 0 Å². The zero-order chi connectivity index (χ0) is 8.72. The third-order valence-electron chi connectivity index (χ3n) is 3.52. The van der Waals surface area contributed by atoms with E-state index in [1.807, 2.05) is 0 Å². The Morgan fingerprint density at radius 3 is 3.00 bits per heavy atom. The molecule has 1 nitrogen and oxygen atoms in total. The normalized spacial score (nSPS) is 40.7. The zero-order valence-corrected chi connectivity index (χ0v) is 7.59. The summed E-state index contributed by atoms with van der Waals surface area (Å²) >= 11 is 0. The maximum absolute atomic E-state index is 12.6. The Balaban J connectivity index is 2.17. The predicted octanol–water partition coefficient (Wildman–Crippen LogP) is 2.20. The van der Waals surface area contributed by atoms with Gasteiger partial charge in [-0.25, -0.2) is 4.39 Å². The molecule has 2 aliphatic heterocycles. The van der Waals surface area contributed by atoms with Gasteiger partial charge in [0.05, 0.1) is 6.04 Å². The van der Waals surface area contributed by atoms with Crippen LogP contribution < -0.4 is 0 Å². The molecule has 0 spiro atoms. The van der Waals surface area contributed by atoms with Crippen LogP contribution in [0.1, 0.15) is 19.8 Å². The molecule has 0 aromatic heterocycles. The van der Waals surface area contributed by atoms with E-state index in [1.165, 1.54) is 12.1 Å². The predicted molar refractivity (Wildman–Crippen MR) is 47.5 cm³/mol. The molecule has 0 aliphatic carbocycles. The number of piperidine rings is 1. The van der Waals surface area contributed by atoms with Crippen molar-refractivity contribution in [2.75, 3.05) is 13.2 Å². The van der Waals surface area contributed by atoms with Crippen LogP contribution in [0.15, 0.2) is 12.3 Å². The molecule has 0 saturated carbocycles. The quantitative estimate of drug-likeness (QED) is 0.581. The summed E-state index contributed by atoms with van der Waals surface area (Å²) in [5, 5.41) is 0. The number of hydrogen-bond acceptors (Lipinski definition) is 1. The highest BCUT2D eigenvalue weighted by atomic mass is 19.1. The summed E-state index contributed by atoms with van der Waals surface area (Å²) in [7, 11) is 0. The summed E-state index contributed by atoms with van der Waals surface area (Å²) < 4.78 is 12.6. The van der Waals surface area contributed by atoms with Crippen LogP contribution in [0, 0.1) is 11.8 Å². The summed E-state index contributed by atoms with van der Waals surface area (Å²) in [5.74, 6) is 1.34. The Morgan fingerprint density at radius 1 is 1.58 bits per heavy atom. The molecule has 0 amide bonds. The molecule has 2 saturated heterocycles. The van der Waals surface area contributed by atoms with Gasteiger partial charge < -0.3 is 4.90 Å². The first-order chi connectivity index (χ1) is 5.74. The highest BCUT2D eigenvalue weighted by molar-refractivity contribution is 5.12. The van der Waals surface area contributed by atoms with Crippen LogP contribution >= 0.6 is 0 Å². The molecular weight excluding hydrogens is 153 g/mol. The maximum Gasteiger partial charge on any atom is 0.110 e. The first-order valence-corrected chi connectivity index (χ1v) is 4.75. The smallest absolute Gasteiger partial charge is 0.110 e. The Kier molecular flexibility index (Phi) is 1.85. The van der Waals surface area contributed by atoms with Gasteiger partial charge in [0, 0.05) is 12.2 Å². The standard InChI is InChI=1S/C10H16FN/c1-7-8(2)12-6-9(7)3-4-10(12)5-11/h7,9-10H,2-6H2,1H3/t7?,9?,10-/m0/s1. The van der Waals surface area contributed by atoms with Crippen LogP contribution in [0.2, 0.25) is 0 Å². The number of halogens is 1. The second-order valence-corrected chi connectivity index (χ2v) is 4.08. The van der Waals surface area contributed by atoms with Crippen molar-refractivity contribution in [2.45, 2.75) is 25.8 Å². The number of fused-ring (bicyclic) bond motifs is 2. The van der Waals surface area contributed by atoms with Crippen molar-refractivity contribution in [3.8, 4) is 0 Å². The summed E-state index contributed by atoms with van der Waals surface area (Å²) in [5.41, 5.74) is 1.17. The fourth-order valence-electron chi connectivity index (χ4n) is 2.51. The third-order valence-corrected chi connectivity index (χ3v) is 3.52. The first-order valence-electron chi connectivity index (χ1n) is 4.75. The number of alkyl halides is 1. The molecule has 3 atom stereocenters. The Labute approximate surface area is 73.2 Å². The Bertz CT molecular complexity index is 202. The van der Waals surface area contributed by atoms with E-state index >= 15 is 0 Å². The third kappa shape index (κ3) is 0.970. The van der Waals surface area contributed by atoms with Crippen molar-refractivity contribution in [1.29, 1.82) is 0 Å². The van der Waals surface area contributed by atoms with Gasteiger partial charge in [-0.1, -0.05) is 13.5 Å². The molecule has 2 unspecified atom stereocenters. The SMILES string of the molecule is C=C1C(C)C2CC[C@@H](CF)N1C2. The molecule has 2 heterocycles. The molecule has 2 heteroatoms. The monoisotopic (exact) mass is 169 g/mol. The van der Waals surface area contributed by atoms with Crippen molar-refractivity contribution in [2.24, 2.45) is 11.8 Å². The molecule has 2 aliphatic rings. The fraction of sp³-hybridized carbons (Fsp3) is 0.800. The molecule has 68 valence electrons. The van der Waals surface area contributed by atoms with Crippen LogP contribution in [-0.2, 0) is 0 Å². The zero-order valence-electron chi connectivity index (χ0n) is 7.59. The van der Waals surface area contributed by atoms with Gasteiger partial charge in [-0.05, 0) is 24.7 Å². The number of hydrogen-bond donors (Lipinski definition) is 0. The average molecular weight is 169 g/mol. The van der Waals surface area contributed by atoms with Crippen molar-refractivity contribution < 1.29 is 4.39 Å². The van der Waals surface area contributed by atoms with Gasteiger partial charge in [0.25, 0.3) is 0 Å². The number of rotatable bonds is 1. The summed E-state index contributed by atoms with van der Waals surface area (Å²) in [4.78, 5) is 2.18. The topological polar surface area (TPSA) is 3.24 Å². The molecule has 12 heavy (non-hydrogen) atoms. The fourth-order valence-corrected chi connectivity index (χ4v) is 2.51. The minimum Gasteiger partial charge on any atom is -0.369 e. The lowest BCUT2D eigenvalue weighted by molar-refractivity contribution is 0.170. The number of allylic oxidation sites excluding steroid dienone is 1. The maximum atomic E-state index is 12.6. The van der Waals surface area contributed by atoms with E-state index in [2.05, 4.69) is 18.4 Å². The molecule has 0 aromatic carbocycles. The molecule has 0 aromatic rings. The van der Waals surface area contributed by atoms with Gasteiger partial charge in [-0.15, -0.1) is 0 Å². The van der Waals surface area contributed by atoms with Crippen molar-refractivity contribution in [3.05, 3.63) is 12.3 Å². The van der Waals surface area contributed by atoms with Crippen LogP contribution in [0.4, 0.5) is 4.39 Å². The lowest BCUT2D eigenvalue weighted by Crippen LogP contribution is -2.37. The van der Waals surface area contributed by atoms with Gasteiger partial charge in [0.2, 0.25) is 0 Å². The molecule has 0 N–H and O–H groups in total. The molecule has 2 fully saturated rings. The number of nitrogens with zero attached hydrogens (tertiary/aromatic N) is 1. The van der Waals surface area contributed by atoms with E-state index in [0.717, 1.165) is 18.9 Å². The van der Waals surface area contributed by atoms with Crippen LogP contribution in [-0.4, -0.2) is 24.2 Å². The van der Waals surface area contributed by atoms with E-state index < -0.39 is 0 Å².